The Morgan fingerprint density at radius 2 is 1.76 bits per heavy atom. The van der Waals surface area contributed by atoms with Crippen LogP contribution in [0.2, 0.25) is 0 Å². The van der Waals surface area contributed by atoms with Gasteiger partial charge >= 0.3 is 5.97 Å². The molecule has 0 aliphatic rings. The van der Waals surface area contributed by atoms with Crippen LogP contribution in [0.4, 0.5) is 0 Å². The molecule has 3 rings (SSSR count). The highest BCUT2D eigenvalue weighted by atomic mass is 16.5. The highest BCUT2D eigenvalue weighted by Gasteiger charge is 2.16. The third-order valence-corrected chi connectivity index (χ3v) is 3.42. The van der Waals surface area contributed by atoms with Crippen LogP contribution in [0.1, 0.15) is 29.1 Å². The van der Waals surface area contributed by atoms with Gasteiger partial charge in [0.1, 0.15) is 11.8 Å². The minimum atomic E-state index is -0.406. The molecule has 0 amide bonds. The highest BCUT2D eigenvalue weighted by Crippen LogP contribution is 2.26. The first-order valence-corrected chi connectivity index (χ1v) is 6.85. The van der Waals surface area contributed by atoms with Gasteiger partial charge in [0.05, 0.1) is 0 Å². The third kappa shape index (κ3) is 2.77. The Bertz CT molecular complexity index is 763. The van der Waals surface area contributed by atoms with Gasteiger partial charge in [-0.05, 0) is 35.4 Å². The summed E-state index contributed by atoms with van der Waals surface area (Å²) in [5.41, 5.74) is 1.32. The maximum Gasteiger partial charge on any atom is 0.357 e. The molecular formula is C18H15NO2. The van der Waals surface area contributed by atoms with Gasteiger partial charge in [0.2, 0.25) is 0 Å². The summed E-state index contributed by atoms with van der Waals surface area (Å²) >= 11 is 0. The van der Waals surface area contributed by atoms with Gasteiger partial charge in [0, 0.05) is 6.20 Å². The summed E-state index contributed by atoms with van der Waals surface area (Å²) in [5.74, 6) is -0.406. The lowest BCUT2D eigenvalue weighted by molar-refractivity contribution is 0.0333. The molecule has 0 fully saturated rings. The minimum Gasteiger partial charge on any atom is -0.453 e. The molecule has 21 heavy (non-hydrogen) atoms. The first-order chi connectivity index (χ1) is 10.3. The Kier molecular flexibility index (Phi) is 3.65. The molecule has 0 bridgehead atoms. The smallest absolute Gasteiger partial charge is 0.357 e. The summed E-state index contributed by atoms with van der Waals surface area (Å²) in [4.78, 5) is 16.1. The third-order valence-electron chi connectivity index (χ3n) is 3.42. The monoisotopic (exact) mass is 277 g/mol. The van der Waals surface area contributed by atoms with Crippen LogP contribution in [0, 0.1) is 0 Å². The van der Waals surface area contributed by atoms with Crippen molar-refractivity contribution >= 4 is 16.7 Å². The second-order valence-corrected chi connectivity index (χ2v) is 4.83. The van der Waals surface area contributed by atoms with E-state index in [1.165, 1.54) is 0 Å². The van der Waals surface area contributed by atoms with Crippen molar-refractivity contribution in [2.75, 3.05) is 0 Å². The van der Waals surface area contributed by atoms with Gasteiger partial charge in [0.25, 0.3) is 0 Å². The molecule has 1 heterocycles. The maximum atomic E-state index is 12.1. The van der Waals surface area contributed by atoms with Gasteiger partial charge in [-0.2, -0.15) is 0 Å². The topological polar surface area (TPSA) is 39.2 Å². The maximum absolute atomic E-state index is 12.1. The highest BCUT2D eigenvalue weighted by molar-refractivity contribution is 5.89. The zero-order valence-corrected chi connectivity index (χ0v) is 11.7. The van der Waals surface area contributed by atoms with E-state index in [-0.39, 0.29) is 6.10 Å². The van der Waals surface area contributed by atoms with E-state index in [2.05, 4.69) is 4.98 Å². The number of pyridine rings is 1. The lowest BCUT2D eigenvalue weighted by Crippen LogP contribution is -2.10. The van der Waals surface area contributed by atoms with Crippen molar-refractivity contribution in [2.45, 2.75) is 13.0 Å². The number of hydrogen-bond donors (Lipinski definition) is 0. The second-order valence-electron chi connectivity index (χ2n) is 4.83. The number of fused-ring (bicyclic) bond motifs is 1. The van der Waals surface area contributed by atoms with Crippen LogP contribution >= 0.6 is 0 Å². The van der Waals surface area contributed by atoms with E-state index in [0.29, 0.717) is 5.69 Å². The summed E-state index contributed by atoms with van der Waals surface area (Å²) in [6.07, 6.45) is 1.25. The number of carbonyl (C=O) groups is 1. The van der Waals surface area contributed by atoms with Gasteiger partial charge in [-0.25, -0.2) is 9.78 Å². The summed E-state index contributed by atoms with van der Waals surface area (Å²) in [6.45, 7) is 1.88. The Morgan fingerprint density at radius 1 is 1.00 bits per heavy atom. The molecule has 1 unspecified atom stereocenters. The van der Waals surface area contributed by atoms with Crippen LogP contribution in [-0.2, 0) is 4.74 Å². The molecule has 2 aromatic carbocycles. The Balaban J connectivity index is 1.88. The molecule has 104 valence electrons. The lowest BCUT2D eigenvalue weighted by atomic mass is 10.0. The number of esters is 1. The Labute approximate surface area is 123 Å². The second kappa shape index (κ2) is 5.75. The van der Waals surface area contributed by atoms with E-state index in [1.807, 2.05) is 49.4 Å². The van der Waals surface area contributed by atoms with Gasteiger partial charge in [-0.15, -0.1) is 0 Å². The number of benzene rings is 2. The van der Waals surface area contributed by atoms with E-state index in [0.717, 1.165) is 16.3 Å². The quantitative estimate of drug-likeness (QED) is 0.675. The molecule has 0 spiro atoms. The molecule has 3 aromatic rings. The normalized spacial score (nSPS) is 12.0. The molecule has 1 atom stereocenters. The van der Waals surface area contributed by atoms with E-state index >= 15 is 0 Å². The van der Waals surface area contributed by atoms with Crippen LogP contribution in [0.25, 0.3) is 10.8 Å². The van der Waals surface area contributed by atoms with Crippen LogP contribution in [0.5, 0.6) is 0 Å². The Hall–Kier alpha value is -2.68. The molecular weight excluding hydrogens is 262 g/mol. The number of aromatic nitrogens is 1. The lowest BCUT2D eigenvalue weighted by Gasteiger charge is -2.15. The van der Waals surface area contributed by atoms with Crippen LogP contribution < -0.4 is 0 Å². The van der Waals surface area contributed by atoms with Crippen molar-refractivity contribution in [3.05, 3.63) is 78.1 Å². The van der Waals surface area contributed by atoms with Gasteiger partial charge in [0.15, 0.2) is 0 Å². The summed E-state index contributed by atoms with van der Waals surface area (Å²) < 4.78 is 5.53. The SMILES string of the molecule is CC(OC(=O)c1ccccn1)c1cccc2ccccc12. The van der Waals surface area contributed by atoms with Gasteiger partial charge in [-0.1, -0.05) is 48.5 Å². The number of nitrogens with zero attached hydrogens (tertiary/aromatic N) is 1. The predicted octanol–water partition coefficient (Wildman–Crippen LogP) is 4.15. The summed E-state index contributed by atoms with van der Waals surface area (Å²) in [6, 6.07) is 19.3. The first-order valence-electron chi connectivity index (χ1n) is 6.85. The van der Waals surface area contributed by atoms with Crippen molar-refractivity contribution < 1.29 is 9.53 Å². The fraction of sp³-hybridized carbons (Fsp3) is 0.111. The fourth-order valence-corrected chi connectivity index (χ4v) is 2.37. The van der Waals surface area contributed by atoms with E-state index in [1.54, 1.807) is 24.4 Å². The molecule has 3 nitrogen and oxygen atoms in total. The molecule has 0 aliphatic heterocycles. The minimum absolute atomic E-state index is 0.324. The Morgan fingerprint density at radius 3 is 2.57 bits per heavy atom. The molecule has 0 radical (unpaired) electrons. The summed E-state index contributed by atoms with van der Waals surface area (Å²) in [5, 5.41) is 2.23. The van der Waals surface area contributed by atoms with Crippen molar-refractivity contribution in [3.63, 3.8) is 0 Å². The van der Waals surface area contributed by atoms with Crippen molar-refractivity contribution in [1.29, 1.82) is 0 Å². The first kappa shape index (κ1) is 13.3. The average Bonchev–Trinajstić information content (AvgIpc) is 2.55. The number of ether oxygens (including phenoxy) is 1. The van der Waals surface area contributed by atoms with Crippen molar-refractivity contribution in [3.8, 4) is 0 Å². The largest absolute Gasteiger partial charge is 0.453 e. The van der Waals surface area contributed by atoms with E-state index < -0.39 is 5.97 Å². The number of hydrogen-bond acceptors (Lipinski definition) is 3. The molecule has 3 heteroatoms. The van der Waals surface area contributed by atoms with Gasteiger partial charge in [-0.3, -0.25) is 0 Å². The number of rotatable bonds is 3. The van der Waals surface area contributed by atoms with E-state index in [4.69, 9.17) is 4.74 Å². The predicted molar refractivity (Wildman–Crippen MR) is 82.0 cm³/mol. The van der Waals surface area contributed by atoms with E-state index in [9.17, 15) is 4.79 Å². The molecule has 0 aliphatic carbocycles. The molecule has 0 N–H and O–H groups in total. The molecule has 0 saturated carbocycles. The van der Waals surface area contributed by atoms with Gasteiger partial charge < -0.3 is 4.74 Å². The van der Waals surface area contributed by atoms with Crippen molar-refractivity contribution in [1.82, 2.24) is 4.98 Å². The zero-order valence-electron chi connectivity index (χ0n) is 11.7. The van der Waals surface area contributed by atoms with Crippen LogP contribution in [-0.4, -0.2) is 11.0 Å². The average molecular weight is 277 g/mol. The van der Waals surface area contributed by atoms with Crippen LogP contribution in [0.15, 0.2) is 66.9 Å². The van der Waals surface area contributed by atoms with Crippen LogP contribution in [0.3, 0.4) is 0 Å². The molecule has 0 saturated heterocycles. The zero-order chi connectivity index (χ0) is 14.7. The summed E-state index contributed by atoms with van der Waals surface area (Å²) in [7, 11) is 0. The number of carbonyl (C=O) groups excluding carboxylic acids is 1. The molecule has 1 aromatic heterocycles. The standard InChI is InChI=1S/C18H15NO2/c1-13(21-18(20)17-11-4-5-12-19-17)15-10-6-8-14-7-2-3-9-16(14)15/h2-13H,1H3. The van der Waals surface area contributed by atoms with Crippen molar-refractivity contribution in [2.24, 2.45) is 0 Å². The fourth-order valence-electron chi connectivity index (χ4n) is 2.37.